The average Bonchev–Trinajstić information content (AvgIpc) is 2.88. The molecule has 1 saturated heterocycles. The number of nitrogen functional groups attached to an aromatic ring is 1. The maximum atomic E-state index is 11.7. The number of nitrogens with two attached hydrogens (primary N) is 1. The fourth-order valence-corrected chi connectivity index (χ4v) is 3.24. The molecule has 2 fully saturated rings. The lowest BCUT2D eigenvalue weighted by atomic mass is 10.1. The van der Waals surface area contributed by atoms with Gasteiger partial charge >= 0.3 is 0 Å². The van der Waals surface area contributed by atoms with Crippen molar-refractivity contribution in [1.82, 2.24) is 9.47 Å². The molecule has 0 amide bonds. The van der Waals surface area contributed by atoms with Crippen molar-refractivity contribution in [1.29, 1.82) is 0 Å². The molecule has 5 heteroatoms. The number of ether oxygens (including phenoxy) is 1. The molecule has 3 rings (SSSR count). The summed E-state index contributed by atoms with van der Waals surface area (Å²) >= 11 is 0. The van der Waals surface area contributed by atoms with Crippen molar-refractivity contribution in [3.63, 3.8) is 0 Å². The molecular weight excluding hydrogens is 242 g/mol. The van der Waals surface area contributed by atoms with Gasteiger partial charge in [0.1, 0.15) is 0 Å². The van der Waals surface area contributed by atoms with E-state index in [9.17, 15) is 4.79 Å². The molecule has 2 heterocycles. The quantitative estimate of drug-likeness (QED) is 0.871. The van der Waals surface area contributed by atoms with Gasteiger partial charge in [-0.05, 0) is 25.3 Å². The number of aromatic nitrogens is 1. The standard InChI is InChI=1S/C14H21N3O2/c15-11-4-5-14(18)17(10-11)7-6-16-8-9-19-13-3-1-2-12(13)16/h4-5,10,12-13H,1-3,6-9,15H2. The fourth-order valence-electron chi connectivity index (χ4n) is 3.24. The molecule has 0 spiro atoms. The van der Waals surface area contributed by atoms with Gasteiger partial charge in [-0.25, -0.2) is 0 Å². The second kappa shape index (κ2) is 5.35. The highest BCUT2D eigenvalue weighted by Crippen LogP contribution is 2.29. The van der Waals surface area contributed by atoms with E-state index < -0.39 is 0 Å². The highest BCUT2D eigenvalue weighted by Gasteiger charge is 2.35. The predicted octanol–water partition coefficient (Wildman–Crippen LogP) is 0.684. The van der Waals surface area contributed by atoms with Crippen LogP contribution in [0.4, 0.5) is 5.69 Å². The van der Waals surface area contributed by atoms with Crippen LogP contribution in [0.5, 0.6) is 0 Å². The molecule has 0 radical (unpaired) electrons. The molecule has 1 aliphatic carbocycles. The molecule has 2 atom stereocenters. The van der Waals surface area contributed by atoms with Gasteiger partial charge in [0, 0.05) is 43.6 Å². The number of morpholine rings is 1. The van der Waals surface area contributed by atoms with Gasteiger partial charge in [0.2, 0.25) is 0 Å². The minimum Gasteiger partial charge on any atom is -0.398 e. The summed E-state index contributed by atoms with van der Waals surface area (Å²) in [6, 6.07) is 3.73. The van der Waals surface area contributed by atoms with Crippen molar-refractivity contribution in [3.8, 4) is 0 Å². The highest BCUT2D eigenvalue weighted by molar-refractivity contribution is 5.33. The van der Waals surface area contributed by atoms with Gasteiger partial charge in [-0.15, -0.1) is 0 Å². The van der Waals surface area contributed by atoms with Crippen molar-refractivity contribution in [2.24, 2.45) is 0 Å². The Bertz CT molecular complexity index is 500. The molecule has 1 aromatic rings. The van der Waals surface area contributed by atoms with Crippen LogP contribution in [0.15, 0.2) is 23.1 Å². The topological polar surface area (TPSA) is 60.5 Å². The summed E-state index contributed by atoms with van der Waals surface area (Å²) in [4.78, 5) is 14.2. The lowest BCUT2D eigenvalue weighted by Gasteiger charge is -2.37. The maximum absolute atomic E-state index is 11.7. The van der Waals surface area contributed by atoms with E-state index in [1.165, 1.54) is 25.3 Å². The SMILES string of the molecule is Nc1ccc(=O)n(CCN2CCOC3CCCC32)c1. The predicted molar refractivity (Wildman–Crippen MR) is 74.1 cm³/mol. The van der Waals surface area contributed by atoms with Crippen molar-refractivity contribution in [2.75, 3.05) is 25.4 Å². The van der Waals surface area contributed by atoms with E-state index >= 15 is 0 Å². The summed E-state index contributed by atoms with van der Waals surface area (Å²) in [5.74, 6) is 0. The number of hydrogen-bond acceptors (Lipinski definition) is 4. The first-order chi connectivity index (χ1) is 9.24. The monoisotopic (exact) mass is 263 g/mol. The Balaban J connectivity index is 1.65. The van der Waals surface area contributed by atoms with E-state index in [1.54, 1.807) is 16.8 Å². The summed E-state index contributed by atoms with van der Waals surface area (Å²) < 4.78 is 7.50. The van der Waals surface area contributed by atoms with Gasteiger partial charge < -0.3 is 15.0 Å². The molecule has 1 aromatic heterocycles. The molecule has 2 unspecified atom stereocenters. The molecular formula is C14H21N3O2. The Morgan fingerprint density at radius 1 is 1.32 bits per heavy atom. The van der Waals surface area contributed by atoms with Gasteiger partial charge in [0.05, 0.1) is 12.7 Å². The van der Waals surface area contributed by atoms with Crippen LogP contribution in [0.3, 0.4) is 0 Å². The lowest BCUT2D eigenvalue weighted by molar-refractivity contribution is -0.0564. The number of fused-ring (bicyclic) bond motifs is 1. The number of nitrogens with zero attached hydrogens (tertiary/aromatic N) is 2. The average molecular weight is 263 g/mol. The van der Waals surface area contributed by atoms with E-state index in [4.69, 9.17) is 10.5 Å². The van der Waals surface area contributed by atoms with Gasteiger partial charge in [0.15, 0.2) is 0 Å². The molecule has 104 valence electrons. The van der Waals surface area contributed by atoms with Gasteiger partial charge in [0.25, 0.3) is 5.56 Å². The first-order valence-electron chi connectivity index (χ1n) is 7.06. The molecule has 1 aliphatic heterocycles. The van der Waals surface area contributed by atoms with Crippen molar-refractivity contribution in [2.45, 2.75) is 38.0 Å². The Labute approximate surface area is 113 Å². The molecule has 1 saturated carbocycles. The zero-order valence-electron chi connectivity index (χ0n) is 11.1. The van der Waals surface area contributed by atoms with Crippen LogP contribution >= 0.6 is 0 Å². The van der Waals surface area contributed by atoms with Crippen LogP contribution in [0, 0.1) is 0 Å². The minimum atomic E-state index is 0.0189. The fraction of sp³-hybridized carbons (Fsp3) is 0.643. The van der Waals surface area contributed by atoms with Crippen molar-refractivity contribution in [3.05, 3.63) is 28.7 Å². The second-order valence-electron chi connectivity index (χ2n) is 5.44. The second-order valence-corrected chi connectivity index (χ2v) is 5.44. The molecule has 0 aromatic carbocycles. The molecule has 2 N–H and O–H groups in total. The Kier molecular flexibility index (Phi) is 3.57. The zero-order valence-corrected chi connectivity index (χ0v) is 11.1. The van der Waals surface area contributed by atoms with E-state index in [1.807, 2.05) is 0 Å². The molecule has 19 heavy (non-hydrogen) atoms. The summed E-state index contributed by atoms with van der Waals surface area (Å²) in [5.41, 5.74) is 6.39. The van der Waals surface area contributed by atoms with Gasteiger partial charge in [-0.2, -0.15) is 0 Å². The van der Waals surface area contributed by atoms with Crippen LogP contribution in [-0.4, -0.2) is 41.3 Å². The number of pyridine rings is 1. The van der Waals surface area contributed by atoms with Crippen LogP contribution in [-0.2, 0) is 11.3 Å². The Morgan fingerprint density at radius 3 is 3.11 bits per heavy atom. The zero-order chi connectivity index (χ0) is 13.2. The Hall–Kier alpha value is -1.33. The van der Waals surface area contributed by atoms with Crippen molar-refractivity contribution < 1.29 is 4.74 Å². The van der Waals surface area contributed by atoms with Crippen molar-refractivity contribution >= 4 is 5.69 Å². The third kappa shape index (κ3) is 2.67. The summed E-state index contributed by atoms with van der Waals surface area (Å²) in [7, 11) is 0. The van der Waals surface area contributed by atoms with E-state index in [2.05, 4.69) is 4.90 Å². The number of rotatable bonds is 3. The summed E-state index contributed by atoms with van der Waals surface area (Å²) in [6.07, 6.45) is 5.79. The lowest BCUT2D eigenvalue weighted by Crippen LogP contribution is -2.49. The largest absolute Gasteiger partial charge is 0.398 e. The van der Waals surface area contributed by atoms with E-state index in [0.717, 1.165) is 19.7 Å². The molecule has 5 nitrogen and oxygen atoms in total. The Morgan fingerprint density at radius 2 is 2.21 bits per heavy atom. The van der Waals surface area contributed by atoms with E-state index in [-0.39, 0.29) is 5.56 Å². The van der Waals surface area contributed by atoms with Gasteiger partial charge in [-0.1, -0.05) is 0 Å². The smallest absolute Gasteiger partial charge is 0.250 e. The third-order valence-corrected chi connectivity index (χ3v) is 4.23. The van der Waals surface area contributed by atoms with Crippen LogP contribution in [0.25, 0.3) is 0 Å². The number of hydrogen-bond donors (Lipinski definition) is 1. The first-order valence-corrected chi connectivity index (χ1v) is 7.06. The van der Waals surface area contributed by atoms with Crippen LogP contribution in [0.2, 0.25) is 0 Å². The summed E-state index contributed by atoms with van der Waals surface area (Å²) in [6.45, 7) is 3.38. The minimum absolute atomic E-state index is 0.0189. The molecule has 0 bridgehead atoms. The first kappa shape index (κ1) is 12.7. The normalized spacial score (nSPS) is 27.4. The third-order valence-electron chi connectivity index (χ3n) is 4.23. The maximum Gasteiger partial charge on any atom is 0.250 e. The number of anilines is 1. The van der Waals surface area contributed by atoms with Crippen LogP contribution in [0.1, 0.15) is 19.3 Å². The van der Waals surface area contributed by atoms with Crippen LogP contribution < -0.4 is 11.3 Å². The van der Waals surface area contributed by atoms with Gasteiger partial charge in [-0.3, -0.25) is 9.69 Å². The highest BCUT2D eigenvalue weighted by atomic mass is 16.5. The van der Waals surface area contributed by atoms with E-state index in [0.29, 0.717) is 24.4 Å². The summed E-state index contributed by atoms with van der Waals surface area (Å²) in [5, 5.41) is 0. The molecule has 2 aliphatic rings.